The van der Waals surface area contributed by atoms with Gasteiger partial charge in [0, 0.05) is 6.42 Å². The predicted octanol–water partition coefficient (Wildman–Crippen LogP) is 2.03. The number of rotatable bonds is 5. The lowest BCUT2D eigenvalue weighted by Gasteiger charge is -2.03. The number of esters is 1. The topological polar surface area (TPSA) is 30.7 Å². The van der Waals surface area contributed by atoms with Gasteiger partial charge in [-0.25, -0.2) is 11.4 Å². The molecule has 3 heteroatoms. The molecule has 0 spiro atoms. The summed E-state index contributed by atoms with van der Waals surface area (Å²) >= 11 is 0. The van der Waals surface area contributed by atoms with Crippen LogP contribution in [0.2, 0.25) is 0 Å². The molecule has 0 aromatic rings. The molecule has 12 heavy (non-hydrogen) atoms. The van der Waals surface area contributed by atoms with E-state index in [9.17, 15) is 4.79 Å². The van der Waals surface area contributed by atoms with Crippen molar-refractivity contribution in [2.75, 3.05) is 6.61 Å². The molecule has 1 unspecified atom stereocenters. The molecule has 0 aliphatic heterocycles. The highest BCUT2D eigenvalue weighted by atomic mass is 16.5. The lowest BCUT2D eigenvalue weighted by atomic mass is 10.1. The molecule has 0 radical (unpaired) electrons. The smallest absolute Gasteiger partial charge is 0.390 e. The number of hydrogen-bond acceptors (Lipinski definition) is 2. The minimum atomic E-state index is -0.579. The van der Waals surface area contributed by atoms with Gasteiger partial charge in [-0.3, -0.25) is 0 Å². The fraction of sp³-hybridized carbons (Fsp3) is 0.778. The standard InChI is InChI=1S/C9H15NO2/c1-4-6-7-8(10-3)9(11)12-5-2/h8H,4-7H2,1-2H3. The third-order valence-electron chi connectivity index (χ3n) is 1.55. The summed E-state index contributed by atoms with van der Waals surface area (Å²) < 4.78 is 4.74. The van der Waals surface area contributed by atoms with Crippen molar-refractivity contribution in [3.63, 3.8) is 0 Å². The van der Waals surface area contributed by atoms with E-state index in [2.05, 4.69) is 4.85 Å². The van der Waals surface area contributed by atoms with Crippen LogP contribution in [0.3, 0.4) is 0 Å². The maximum atomic E-state index is 11.0. The summed E-state index contributed by atoms with van der Waals surface area (Å²) in [6, 6.07) is -0.579. The summed E-state index contributed by atoms with van der Waals surface area (Å²) in [5, 5.41) is 0. The lowest BCUT2D eigenvalue weighted by molar-refractivity contribution is -0.143. The Labute approximate surface area is 73.5 Å². The molecule has 68 valence electrons. The summed E-state index contributed by atoms with van der Waals surface area (Å²) in [5.41, 5.74) is 0. The Balaban J connectivity index is 3.81. The maximum absolute atomic E-state index is 11.0. The van der Waals surface area contributed by atoms with E-state index < -0.39 is 6.04 Å². The second kappa shape index (κ2) is 6.66. The second-order valence-electron chi connectivity index (χ2n) is 2.54. The third kappa shape index (κ3) is 3.97. The average molecular weight is 169 g/mol. The highest BCUT2D eigenvalue weighted by Crippen LogP contribution is 2.06. The quantitative estimate of drug-likeness (QED) is 0.465. The van der Waals surface area contributed by atoms with Gasteiger partial charge in [-0.15, -0.1) is 0 Å². The van der Waals surface area contributed by atoms with Crippen LogP contribution in [-0.2, 0) is 9.53 Å². The van der Waals surface area contributed by atoms with Crippen molar-refractivity contribution in [3.8, 4) is 0 Å². The summed E-state index contributed by atoms with van der Waals surface area (Å²) in [5.74, 6) is -0.374. The highest BCUT2D eigenvalue weighted by Gasteiger charge is 2.23. The van der Waals surface area contributed by atoms with Gasteiger partial charge >= 0.3 is 12.0 Å². The molecule has 0 aromatic carbocycles. The molecule has 0 aliphatic rings. The van der Waals surface area contributed by atoms with Gasteiger partial charge in [0.15, 0.2) is 0 Å². The van der Waals surface area contributed by atoms with Crippen LogP contribution in [0.25, 0.3) is 4.85 Å². The van der Waals surface area contributed by atoms with Gasteiger partial charge in [-0.2, -0.15) is 0 Å². The highest BCUT2D eigenvalue weighted by molar-refractivity contribution is 5.77. The van der Waals surface area contributed by atoms with E-state index in [1.54, 1.807) is 6.92 Å². The van der Waals surface area contributed by atoms with Crippen molar-refractivity contribution in [2.45, 2.75) is 39.2 Å². The van der Waals surface area contributed by atoms with Crippen molar-refractivity contribution in [1.82, 2.24) is 0 Å². The number of ether oxygens (including phenoxy) is 1. The molecule has 0 aromatic heterocycles. The zero-order valence-corrected chi connectivity index (χ0v) is 7.67. The van der Waals surface area contributed by atoms with Gasteiger partial charge < -0.3 is 9.58 Å². The Morgan fingerprint density at radius 1 is 1.58 bits per heavy atom. The van der Waals surface area contributed by atoms with Crippen LogP contribution < -0.4 is 0 Å². The number of unbranched alkanes of at least 4 members (excludes halogenated alkanes) is 1. The Morgan fingerprint density at radius 3 is 2.67 bits per heavy atom. The van der Waals surface area contributed by atoms with Crippen molar-refractivity contribution >= 4 is 5.97 Å². The summed E-state index contributed by atoms with van der Waals surface area (Å²) in [4.78, 5) is 14.3. The van der Waals surface area contributed by atoms with Crippen molar-refractivity contribution in [3.05, 3.63) is 11.4 Å². The zero-order valence-electron chi connectivity index (χ0n) is 7.67. The molecule has 0 saturated carbocycles. The SMILES string of the molecule is [C-]#[N+]C(CCCC)C(=O)OCC. The molecule has 0 saturated heterocycles. The van der Waals surface area contributed by atoms with Gasteiger partial charge in [0.25, 0.3) is 0 Å². The molecule has 0 rings (SSSR count). The minimum absolute atomic E-state index is 0.358. The molecular weight excluding hydrogens is 154 g/mol. The number of carbonyl (C=O) groups excluding carboxylic acids is 1. The molecule has 0 aliphatic carbocycles. The van der Waals surface area contributed by atoms with E-state index in [0.717, 1.165) is 12.8 Å². The predicted molar refractivity (Wildman–Crippen MR) is 46.5 cm³/mol. The first-order valence-corrected chi connectivity index (χ1v) is 4.29. The van der Waals surface area contributed by atoms with Crippen molar-refractivity contribution < 1.29 is 9.53 Å². The van der Waals surface area contributed by atoms with Gasteiger partial charge in [0.05, 0.1) is 6.61 Å². The molecule has 0 N–H and O–H groups in total. The van der Waals surface area contributed by atoms with Gasteiger partial charge in [0.2, 0.25) is 0 Å². The first-order valence-electron chi connectivity index (χ1n) is 4.29. The Bertz CT molecular complexity index is 172. The number of hydrogen-bond donors (Lipinski definition) is 0. The minimum Gasteiger partial charge on any atom is -0.460 e. The molecule has 0 amide bonds. The first kappa shape index (κ1) is 11.0. The zero-order chi connectivity index (χ0) is 9.40. The fourth-order valence-electron chi connectivity index (χ4n) is 0.871. The largest absolute Gasteiger partial charge is 0.460 e. The number of nitrogens with zero attached hydrogens (tertiary/aromatic N) is 1. The lowest BCUT2D eigenvalue weighted by Crippen LogP contribution is -2.19. The summed E-state index contributed by atoms with van der Waals surface area (Å²) in [6.07, 6.45) is 2.54. The van der Waals surface area contributed by atoms with Gasteiger partial charge in [-0.05, 0) is 13.3 Å². The Hall–Kier alpha value is -1.04. The van der Waals surface area contributed by atoms with Crippen LogP contribution >= 0.6 is 0 Å². The molecule has 1 atom stereocenters. The average Bonchev–Trinajstić information content (AvgIpc) is 2.06. The first-order chi connectivity index (χ1) is 5.76. The Kier molecular flexibility index (Phi) is 6.08. The monoisotopic (exact) mass is 169 g/mol. The summed E-state index contributed by atoms with van der Waals surface area (Å²) in [6.45, 7) is 10.9. The molecule has 0 fully saturated rings. The maximum Gasteiger partial charge on any atom is 0.390 e. The van der Waals surface area contributed by atoms with Crippen LogP contribution in [0.15, 0.2) is 0 Å². The van der Waals surface area contributed by atoms with E-state index in [1.807, 2.05) is 6.92 Å². The normalized spacial score (nSPS) is 11.8. The van der Waals surface area contributed by atoms with E-state index in [1.165, 1.54) is 0 Å². The van der Waals surface area contributed by atoms with E-state index >= 15 is 0 Å². The summed E-state index contributed by atoms with van der Waals surface area (Å²) in [7, 11) is 0. The fourth-order valence-corrected chi connectivity index (χ4v) is 0.871. The van der Waals surface area contributed by atoms with Crippen molar-refractivity contribution in [2.24, 2.45) is 0 Å². The van der Waals surface area contributed by atoms with Gasteiger partial charge in [-0.1, -0.05) is 13.3 Å². The van der Waals surface area contributed by atoms with E-state index in [-0.39, 0.29) is 5.97 Å². The van der Waals surface area contributed by atoms with Crippen molar-refractivity contribution in [1.29, 1.82) is 0 Å². The van der Waals surface area contributed by atoms with Crippen LogP contribution in [-0.4, -0.2) is 18.6 Å². The number of carbonyl (C=O) groups is 1. The molecule has 3 nitrogen and oxygen atoms in total. The molecule has 0 bridgehead atoms. The molecular formula is C9H15NO2. The molecule has 0 heterocycles. The second-order valence-corrected chi connectivity index (χ2v) is 2.54. The van der Waals surface area contributed by atoms with Crippen LogP contribution in [0.1, 0.15) is 33.1 Å². The van der Waals surface area contributed by atoms with Crippen LogP contribution in [0, 0.1) is 6.57 Å². The Morgan fingerprint density at radius 2 is 2.25 bits per heavy atom. The van der Waals surface area contributed by atoms with Crippen LogP contribution in [0.4, 0.5) is 0 Å². The van der Waals surface area contributed by atoms with Gasteiger partial charge in [0.1, 0.15) is 0 Å². The third-order valence-corrected chi connectivity index (χ3v) is 1.55. The van der Waals surface area contributed by atoms with Crippen LogP contribution in [0.5, 0.6) is 0 Å². The van der Waals surface area contributed by atoms with E-state index in [0.29, 0.717) is 13.0 Å². The van der Waals surface area contributed by atoms with E-state index in [4.69, 9.17) is 11.3 Å².